The Bertz CT molecular complexity index is 612. The number of Topliss-reactive ketones (excluding diaryl/α,β-unsaturated/α-hetero) is 1. The molecule has 0 aromatic heterocycles. The lowest BCUT2D eigenvalue weighted by molar-refractivity contribution is -0.113. The van der Waals surface area contributed by atoms with Gasteiger partial charge in [-0.2, -0.15) is 0 Å². The molecule has 4 heteroatoms. The summed E-state index contributed by atoms with van der Waals surface area (Å²) in [5, 5.41) is 10.6. The number of ether oxygens (including phenoxy) is 2. The van der Waals surface area contributed by atoms with Gasteiger partial charge in [-0.25, -0.2) is 0 Å². The zero-order valence-corrected chi connectivity index (χ0v) is 13.1. The first-order valence-electron chi connectivity index (χ1n) is 7.79. The number of aryl methyl sites for hydroxylation is 1. The van der Waals surface area contributed by atoms with E-state index in [1.54, 1.807) is 7.11 Å². The van der Waals surface area contributed by atoms with Crippen molar-refractivity contribution < 1.29 is 19.4 Å². The van der Waals surface area contributed by atoms with Crippen LogP contribution in [0.5, 0.6) is 5.75 Å². The second-order valence-electron chi connectivity index (χ2n) is 6.23. The van der Waals surface area contributed by atoms with E-state index in [0.717, 1.165) is 37.2 Å². The van der Waals surface area contributed by atoms with Gasteiger partial charge in [-0.05, 0) is 48.9 Å². The average molecular weight is 302 g/mol. The summed E-state index contributed by atoms with van der Waals surface area (Å²) in [5.41, 5.74) is 2.23. The Morgan fingerprint density at radius 3 is 2.91 bits per heavy atom. The molecule has 2 aliphatic rings. The van der Waals surface area contributed by atoms with E-state index in [1.807, 2.05) is 25.1 Å². The number of allylic oxidation sites excluding steroid dienone is 2. The summed E-state index contributed by atoms with van der Waals surface area (Å²) in [6.45, 7) is 3.48. The number of methoxy groups -OCH3 is 1. The van der Waals surface area contributed by atoms with Gasteiger partial charge in [0.2, 0.25) is 0 Å². The van der Waals surface area contributed by atoms with Crippen molar-refractivity contribution in [2.24, 2.45) is 11.8 Å². The molecule has 1 saturated heterocycles. The lowest BCUT2D eigenvalue weighted by Crippen LogP contribution is -2.09. The van der Waals surface area contributed by atoms with E-state index in [1.165, 1.54) is 0 Å². The fraction of sp³-hybridized carbons (Fsp3) is 0.500. The number of carbonyl (C=O) groups is 1. The molecule has 1 heterocycles. The van der Waals surface area contributed by atoms with Gasteiger partial charge in [0.25, 0.3) is 0 Å². The highest BCUT2D eigenvalue weighted by atomic mass is 16.5. The van der Waals surface area contributed by atoms with Crippen LogP contribution in [0.25, 0.3) is 5.57 Å². The lowest BCUT2D eigenvalue weighted by atomic mass is 9.92. The van der Waals surface area contributed by atoms with E-state index in [9.17, 15) is 9.90 Å². The van der Waals surface area contributed by atoms with Gasteiger partial charge in [0.15, 0.2) is 5.78 Å². The Morgan fingerprint density at radius 1 is 1.41 bits per heavy atom. The molecule has 2 unspecified atom stereocenters. The maximum absolute atomic E-state index is 12.4. The average Bonchev–Trinajstić information content (AvgIpc) is 3.10. The SMILES string of the molecule is COc1ccc(C)c(C2=C(O)C(CC3CCOC3)CC2=O)c1. The molecule has 0 radical (unpaired) electrons. The van der Waals surface area contributed by atoms with Crippen LogP contribution in [0, 0.1) is 18.8 Å². The molecule has 1 aromatic carbocycles. The van der Waals surface area contributed by atoms with Crippen LogP contribution in [-0.2, 0) is 9.53 Å². The minimum absolute atomic E-state index is 0.0257. The molecule has 3 rings (SSSR count). The summed E-state index contributed by atoms with van der Waals surface area (Å²) in [6.07, 6.45) is 2.24. The van der Waals surface area contributed by atoms with Gasteiger partial charge in [-0.15, -0.1) is 0 Å². The van der Waals surface area contributed by atoms with Crippen LogP contribution in [0.1, 0.15) is 30.4 Å². The van der Waals surface area contributed by atoms with Crippen molar-refractivity contribution in [3.05, 3.63) is 35.1 Å². The molecular formula is C18H22O4. The second-order valence-corrected chi connectivity index (χ2v) is 6.23. The first kappa shape index (κ1) is 15.1. The van der Waals surface area contributed by atoms with E-state index < -0.39 is 0 Å². The molecule has 1 aliphatic heterocycles. The van der Waals surface area contributed by atoms with E-state index in [0.29, 0.717) is 23.7 Å². The van der Waals surface area contributed by atoms with Crippen LogP contribution < -0.4 is 4.74 Å². The van der Waals surface area contributed by atoms with Crippen molar-refractivity contribution in [3.8, 4) is 5.75 Å². The minimum atomic E-state index is -0.0696. The maximum atomic E-state index is 12.4. The van der Waals surface area contributed by atoms with Crippen molar-refractivity contribution in [1.29, 1.82) is 0 Å². The molecule has 1 aromatic rings. The predicted molar refractivity (Wildman–Crippen MR) is 83.9 cm³/mol. The number of carbonyl (C=O) groups excluding carboxylic acids is 1. The largest absolute Gasteiger partial charge is 0.511 e. The summed E-state index contributed by atoms with van der Waals surface area (Å²) in [4.78, 5) is 12.4. The van der Waals surface area contributed by atoms with Crippen LogP contribution in [0.4, 0.5) is 0 Å². The number of aliphatic hydroxyl groups is 1. The molecule has 1 fully saturated rings. The maximum Gasteiger partial charge on any atom is 0.167 e. The topological polar surface area (TPSA) is 55.8 Å². The number of hydrogen-bond donors (Lipinski definition) is 1. The molecule has 0 spiro atoms. The number of benzene rings is 1. The van der Waals surface area contributed by atoms with Crippen LogP contribution in [-0.4, -0.2) is 31.2 Å². The van der Waals surface area contributed by atoms with Gasteiger partial charge in [0.05, 0.1) is 12.7 Å². The molecule has 0 amide bonds. The Kier molecular flexibility index (Phi) is 4.21. The monoisotopic (exact) mass is 302 g/mol. The lowest BCUT2D eigenvalue weighted by Gasteiger charge is -2.14. The third kappa shape index (κ3) is 2.75. The molecule has 1 N–H and O–H groups in total. The van der Waals surface area contributed by atoms with Gasteiger partial charge in [0.1, 0.15) is 11.5 Å². The van der Waals surface area contributed by atoms with Crippen molar-refractivity contribution in [2.45, 2.75) is 26.2 Å². The van der Waals surface area contributed by atoms with Crippen LogP contribution in [0.3, 0.4) is 0 Å². The summed E-state index contributed by atoms with van der Waals surface area (Å²) in [5.74, 6) is 1.35. The Morgan fingerprint density at radius 2 is 2.23 bits per heavy atom. The number of ketones is 1. The molecule has 0 bridgehead atoms. The fourth-order valence-corrected chi connectivity index (χ4v) is 3.42. The second kappa shape index (κ2) is 6.13. The predicted octanol–water partition coefficient (Wildman–Crippen LogP) is 3.29. The summed E-state index contributed by atoms with van der Waals surface area (Å²) in [7, 11) is 1.60. The third-order valence-corrected chi connectivity index (χ3v) is 4.71. The van der Waals surface area contributed by atoms with E-state index in [4.69, 9.17) is 9.47 Å². The summed E-state index contributed by atoms with van der Waals surface area (Å²) >= 11 is 0. The van der Waals surface area contributed by atoms with Gasteiger partial charge in [-0.1, -0.05) is 6.07 Å². The van der Waals surface area contributed by atoms with Crippen molar-refractivity contribution in [2.75, 3.05) is 20.3 Å². The van der Waals surface area contributed by atoms with Gasteiger partial charge in [0, 0.05) is 25.6 Å². The molecule has 4 nitrogen and oxygen atoms in total. The van der Waals surface area contributed by atoms with E-state index in [2.05, 4.69) is 0 Å². The quantitative estimate of drug-likeness (QED) is 0.927. The van der Waals surface area contributed by atoms with Gasteiger partial charge >= 0.3 is 0 Å². The van der Waals surface area contributed by atoms with Crippen molar-refractivity contribution in [1.82, 2.24) is 0 Å². The first-order chi connectivity index (χ1) is 10.6. The first-order valence-corrected chi connectivity index (χ1v) is 7.79. The van der Waals surface area contributed by atoms with Crippen LogP contribution >= 0.6 is 0 Å². The van der Waals surface area contributed by atoms with Gasteiger partial charge in [-0.3, -0.25) is 4.79 Å². The summed E-state index contributed by atoms with van der Waals surface area (Å²) < 4.78 is 10.6. The summed E-state index contributed by atoms with van der Waals surface area (Å²) in [6, 6.07) is 5.61. The van der Waals surface area contributed by atoms with Crippen LogP contribution in [0.15, 0.2) is 24.0 Å². The molecule has 1 aliphatic carbocycles. The normalized spacial score (nSPS) is 25.1. The minimum Gasteiger partial charge on any atom is -0.511 e. The molecule has 22 heavy (non-hydrogen) atoms. The zero-order valence-electron chi connectivity index (χ0n) is 13.1. The number of aliphatic hydroxyl groups excluding tert-OH is 1. The molecular weight excluding hydrogens is 280 g/mol. The van der Waals surface area contributed by atoms with Gasteiger partial charge < -0.3 is 14.6 Å². The Balaban J connectivity index is 1.90. The number of hydrogen-bond acceptors (Lipinski definition) is 4. The highest BCUT2D eigenvalue weighted by molar-refractivity contribution is 6.24. The number of rotatable bonds is 4. The Labute approximate surface area is 130 Å². The molecule has 118 valence electrons. The third-order valence-electron chi connectivity index (χ3n) is 4.71. The van der Waals surface area contributed by atoms with Crippen LogP contribution in [0.2, 0.25) is 0 Å². The van der Waals surface area contributed by atoms with Crippen molar-refractivity contribution in [3.63, 3.8) is 0 Å². The molecule has 0 saturated carbocycles. The smallest absolute Gasteiger partial charge is 0.167 e. The fourth-order valence-electron chi connectivity index (χ4n) is 3.42. The highest BCUT2D eigenvalue weighted by Gasteiger charge is 2.35. The van der Waals surface area contributed by atoms with E-state index >= 15 is 0 Å². The zero-order chi connectivity index (χ0) is 15.7. The van der Waals surface area contributed by atoms with Crippen molar-refractivity contribution >= 4 is 11.4 Å². The Hall–Kier alpha value is -1.81. The molecule has 2 atom stereocenters. The van der Waals surface area contributed by atoms with E-state index in [-0.39, 0.29) is 17.5 Å². The standard InChI is InChI=1S/C18H22O4/c1-11-3-4-14(21-2)9-15(11)17-16(19)8-13(18(17)20)7-12-5-6-22-10-12/h3-4,9,12-13,20H,5-8,10H2,1-2H3. The highest BCUT2D eigenvalue weighted by Crippen LogP contribution is 2.40.